The Morgan fingerprint density at radius 3 is 2.88 bits per heavy atom. The number of carbonyl (C=O) groups excluding carboxylic acids is 1. The van der Waals surface area contributed by atoms with E-state index in [1.165, 1.54) is 11.0 Å². The highest BCUT2D eigenvalue weighted by Gasteiger charge is 2.30. The number of amides is 1. The number of anilines is 1. The summed E-state index contributed by atoms with van der Waals surface area (Å²) in [6, 6.07) is 4.84. The van der Waals surface area contributed by atoms with Crippen LogP contribution in [0.1, 0.15) is 12.0 Å². The minimum atomic E-state index is -0.369. The van der Waals surface area contributed by atoms with Crippen molar-refractivity contribution in [1.82, 2.24) is 0 Å². The lowest BCUT2D eigenvalue weighted by atomic mass is 10.1. The number of rotatable bonds is 1. The summed E-state index contributed by atoms with van der Waals surface area (Å²) in [5, 5.41) is 0. The van der Waals surface area contributed by atoms with Crippen LogP contribution in [-0.2, 0) is 4.79 Å². The molecular formula is C13H12FNO. The number of benzene rings is 1. The summed E-state index contributed by atoms with van der Waals surface area (Å²) in [5.74, 6) is 1.96. The Balaban J connectivity index is 2.32. The number of halogens is 1. The molecule has 1 heterocycles. The second kappa shape index (κ2) is 3.97. The zero-order valence-electron chi connectivity index (χ0n) is 9.03. The summed E-state index contributed by atoms with van der Waals surface area (Å²) in [5.41, 5.74) is 1.16. The molecule has 2 nitrogen and oxygen atoms in total. The van der Waals surface area contributed by atoms with Crippen LogP contribution in [0.25, 0.3) is 0 Å². The summed E-state index contributed by atoms with van der Waals surface area (Å²) < 4.78 is 13.7. The standard InChI is InChI=1S/C13H12FNO/c1-3-10-7-13(16)15(8-10)12-5-4-9(2)6-11(12)14/h1,4-6,10H,7-8H2,2H3. The van der Waals surface area contributed by atoms with Gasteiger partial charge in [-0.2, -0.15) is 0 Å². The van der Waals surface area contributed by atoms with Crippen LogP contribution >= 0.6 is 0 Å². The molecule has 0 saturated carbocycles. The Morgan fingerprint density at radius 2 is 2.31 bits per heavy atom. The smallest absolute Gasteiger partial charge is 0.228 e. The van der Waals surface area contributed by atoms with Crippen LogP contribution in [0.5, 0.6) is 0 Å². The highest BCUT2D eigenvalue weighted by atomic mass is 19.1. The molecule has 0 radical (unpaired) electrons. The minimum Gasteiger partial charge on any atom is -0.308 e. The number of carbonyl (C=O) groups is 1. The number of aryl methyl sites for hydroxylation is 1. The number of terminal acetylenes is 1. The molecular weight excluding hydrogens is 205 g/mol. The fourth-order valence-corrected chi connectivity index (χ4v) is 1.88. The zero-order valence-corrected chi connectivity index (χ0v) is 9.03. The predicted octanol–water partition coefficient (Wildman–Crippen LogP) is 2.12. The monoisotopic (exact) mass is 217 g/mol. The van der Waals surface area contributed by atoms with Gasteiger partial charge in [-0.05, 0) is 24.6 Å². The van der Waals surface area contributed by atoms with Gasteiger partial charge in [0.05, 0.1) is 5.69 Å². The third-order valence-corrected chi connectivity index (χ3v) is 2.75. The van der Waals surface area contributed by atoms with E-state index in [0.29, 0.717) is 18.7 Å². The summed E-state index contributed by atoms with van der Waals surface area (Å²) in [6.07, 6.45) is 5.59. The maximum Gasteiger partial charge on any atom is 0.228 e. The van der Waals surface area contributed by atoms with Crippen molar-refractivity contribution in [2.24, 2.45) is 5.92 Å². The first-order chi connectivity index (χ1) is 7.61. The molecule has 0 N–H and O–H groups in total. The normalized spacial score (nSPS) is 19.9. The average Bonchev–Trinajstić information content (AvgIpc) is 2.60. The Labute approximate surface area is 94.1 Å². The van der Waals surface area contributed by atoms with Gasteiger partial charge in [-0.3, -0.25) is 4.79 Å². The van der Waals surface area contributed by atoms with Crippen molar-refractivity contribution in [2.45, 2.75) is 13.3 Å². The van der Waals surface area contributed by atoms with Gasteiger partial charge in [-0.1, -0.05) is 6.07 Å². The van der Waals surface area contributed by atoms with E-state index >= 15 is 0 Å². The lowest BCUT2D eigenvalue weighted by Crippen LogP contribution is -2.25. The van der Waals surface area contributed by atoms with Crippen LogP contribution in [0.15, 0.2) is 18.2 Å². The van der Waals surface area contributed by atoms with Crippen molar-refractivity contribution in [3.05, 3.63) is 29.6 Å². The maximum atomic E-state index is 13.7. The van der Waals surface area contributed by atoms with E-state index in [0.717, 1.165) is 5.56 Å². The molecule has 0 spiro atoms. The highest BCUT2D eigenvalue weighted by molar-refractivity contribution is 5.96. The number of hydrogen-bond acceptors (Lipinski definition) is 1. The van der Waals surface area contributed by atoms with E-state index in [2.05, 4.69) is 5.92 Å². The van der Waals surface area contributed by atoms with Crippen LogP contribution in [0, 0.1) is 31.0 Å². The van der Waals surface area contributed by atoms with Crippen LogP contribution in [0.2, 0.25) is 0 Å². The third kappa shape index (κ3) is 1.79. The number of nitrogens with zero attached hydrogens (tertiary/aromatic N) is 1. The third-order valence-electron chi connectivity index (χ3n) is 2.75. The van der Waals surface area contributed by atoms with E-state index in [1.54, 1.807) is 12.1 Å². The van der Waals surface area contributed by atoms with E-state index in [4.69, 9.17) is 6.42 Å². The maximum absolute atomic E-state index is 13.7. The largest absolute Gasteiger partial charge is 0.308 e. The molecule has 0 aromatic heterocycles. The Kier molecular flexibility index (Phi) is 2.66. The minimum absolute atomic E-state index is 0.104. The van der Waals surface area contributed by atoms with Crippen LogP contribution < -0.4 is 4.90 Å². The summed E-state index contributed by atoms with van der Waals surface area (Å²) in [6.45, 7) is 2.22. The molecule has 1 aromatic rings. The molecule has 2 rings (SSSR count). The van der Waals surface area contributed by atoms with Gasteiger partial charge >= 0.3 is 0 Å². The van der Waals surface area contributed by atoms with Crippen LogP contribution in [-0.4, -0.2) is 12.5 Å². The highest BCUT2D eigenvalue weighted by Crippen LogP contribution is 2.27. The molecule has 3 heteroatoms. The van der Waals surface area contributed by atoms with Gasteiger partial charge in [0.25, 0.3) is 0 Å². The first-order valence-electron chi connectivity index (χ1n) is 5.14. The second-order valence-corrected chi connectivity index (χ2v) is 4.03. The van der Waals surface area contributed by atoms with E-state index in [1.807, 2.05) is 6.92 Å². The molecule has 1 saturated heterocycles. The van der Waals surface area contributed by atoms with Gasteiger partial charge in [-0.25, -0.2) is 4.39 Å². The summed E-state index contributed by atoms with van der Waals surface area (Å²) >= 11 is 0. The van der Waals surface area contributed by atoms with Gasteiger partial charge in [-0.15, -0.1) is 12.3 Å². The van der Waals surface area contributed by atoms with Crippen LogP contribution in [0.4, 0.5) is 10.1 Å². The van der Waals surface area contributed by atoms with Crippen molar-refractivity contribution >= 4 is 11.6 Å². The van der Waals surface area contributed by atoms with Gasteiger partial charge < -0.3 is 4.90 Å². The molecule has 1 unspecified atom stereocenters. The fraction of sp³-hybridized carbons (Fsp3) is 0.308. The zero-order chi connectivity index (χ0) is 11.7. The van der Waals surface area contributed by atoms with Gasteiger partial charge in [0.15, 0.2) is 0 Å². The molecule has 1 fully saturated rings. The summed E-state index contributed by atoms with van der Waals surface area (Å²) in [7, 11) is 0. The van der Waals surface area contributed by atoms with Crippen molar-refractivity contribution < 1.29 is 9.18 Å². The summed E-state index contributed by atoms with van der Waals surface area (Å²) in [4.78, 5) is 13.1. The van der Waals surface area contributed by atoms with Crippen molar-refractivity contribution in [1.29, 1.82) is 0 Å². The molecule has 1 atom stereocenters. The van der Waals surface area contributed by atoms with Gasteiger partial charge in [0.1, 0.15) is 5.82 Å². The number of hydrogen-bond donors (Lipinski definition) is 0. The van der Waals surface area contributed by atoms with Crippen molar-refractivity contribution in [3.63, 3.8) is 0 Å². The molecule has 0 bridgehead atoms. The molecule has 82 valence electrons. The topological polar surface area (TPSA) is 20.3 Å². The molecule has 1 aliphatic rings. The molecule has 1 aliphatic heterocycles. The lowest BCUT2D eigenvalue weighted by molar-refractivity contribution is -0.117. The second-order valence-electron chi connectivity index (χ2n) is 4.03. The Morgan fingerprint density at radius 1 is 1.56 bits per heavy atom. The van der Waals surface area contributed by atoms with Crippen molar-refractivity contribution in [3.8, 4) is 12.3 Å². The Bertz CT molecular complexity index is 475. The first-order valence-corrected chi connectivity index (χ1v) is 5.14. The molecule has 1 aromatic carbocycles. The average molecular weight is 217 g/mol. The molecule has 16 heavy (non-hydrogen) atoms. The molecule has 1 amide bonds. The molecule has 0 aliphatic carbocycles. The van der Waals surface area contributed by atoms with Crippen LogP contribution in [0.3, 0.4) is 0 Å². The lowest BCUT2D eigenvalue weighted by Gasteiger charge is -2.16. The van der Waals surface area contributed by atoms with Gasteiger partial charge in [0, 0.05) is 18.9 Å². The van der Waals surface area contributed by atoms with E-state index in [-0.39, 0.29) is 17.6 Å². The van der Waals surface area contributed by atoms with Crippen molar-refractivity contribution in [2.75, 3.05) is 11.4 Å². The predicted molar refractivity (Wildman–Crippen MR) is 60.4 cm³/mol. The van der Waals surface area contributed by atoms with Gasteiger partial charge in [0.2, 0.25) is 5.91 Å². The fourth-order valence-electron chi connectivity index (χ4n) is 1.88. The first kappa shape index (κ1) is 10.7. The van der Waals surface area contributed by atoms with E-state index < -0.39 is 0 Å². The SMILES string of the molecule is C#CC1CC(=O)N(c2ccc(C)cc2F)C1. The van der Waals surface area contributed by atoms with E-state index in [9.17, 15) is 9.18 Å². The quantitative estimate of drug-likeness (QED) is 0.660. The Hall–Kier alpha value is -1.82.